The first-order chi connectivity index (χ1) is 13.3. The molecule has 1 N–H and O–H groups in total. The minimum absolute atomic E-state index is 0.0152. The molecule has 0 aromatic heterocycles. The minimum atomic E-state index is -0.530. The van der Waals surface area contributed by atoms with Crippen LogP contribution >= 0.6 is 11.8 Å². The Balaban J connectivity index is 1.65. The summed E-state index contributed by atoms with van der Waals surface area (Å²) < 4.78 is 0. The Morgan fingerprint density at radius 2 is 1.89 bits per heavy atom. The molecule has 3 rings (SSSR count). The number of hydrogen-bond donors (Lipinski definition) is 1. The topological polar surface area (TPSA) is 92.6 Å². The van der Waals surface area contributed by atoms with E-state index >= 15 is 0 Å². The highest BCUT2D eigenvalue weighted by molar-refractivity contribution is 7.99. The van der Waals surface area contributed by atoms with Crippen LogP contribution in [0.1, 0.15) is 16.7 Å². The normalized spacial score (nSPS) is 16.1. The Kier molecular flexibility index (Phi) is 5.99. The van der Waals surface area contributed by atoms with Gasteiger partial charge in [0.15, 0.2) is 0 Å². The molecule has 1 atom stereocenters. The second-order valence-corrected chi connectivity index (χ2v) is 7.77. The van der Waals surface area contributed by atoms with Crippen LogP contribution in [-0.2, 0) is 16.0 Å². The molecule has 1 aliphatic heterocycles. The van der Waals surface area contributed by atoms with Gasteiger partial charge in [0.05, 0.1) is 17.2 Å². The summed E-state index contributed by atoms with van der Waals surface area (Å²) in [7, 11) is 0. The monoisotopic (exact) mass is 399 g/mol. The standard InChI is InChI=1S/C20H21N3O4S/c1-13-3-6-16(9-14(13)2)21-20(25)18-11-28-12-22(18)19(24)10-15-4-7-17(8-5-15)23(26)27/h3-9,18H,10-12H2,1-2H3,(H,21,25). The first-order valence-corrected chi connectivity index (χ1v) is 9.99. The van der Waals surface area contributed by atoms with Gasteiger partial charge in [-0.15, -0.1) is 11.8 Å². The lowest BCUT2D eigenvalue weighted by molar-refractivity contribution is -0.384. The summed E-state index contributed by atoms with van der Waals surface area (Å²) in [5, 5.41) is 13.6. The number of rotatable bonds is 5. The Labute approximate surface area is 167 Å². The highest BCUT2D eigenvalue weighted by Gasteiger charge is 2.34. The fraction of sp³-hybridized carbons (Fsp3) is 0.300. The van der Waals surface area contributed by atoms with Gasteiger partial charge < -0.3 is 10.2 Å². The van der Waals surface area contributed by atoms with Crippen molar-refractivity contribution in [2.24, 2.45) is 0 Å². The van der Waals surface area contributed by atoms with Gasteiger partial charge in [0.25, 0.3) is 5.69 Å². The lowest BCUT2D eigenvalue weighted by atomic mass is 10.1. The lowest BCUT2D eigenvalue weighted by Crippen LogP contribution is -2.45. The molecule has 2 aromatic rings. The van der Waals surface area contributed by atoms with Gasteiger partial charge in [-0.3, -0.25) is 19.7 Å². The zero-order valence-electron chi connectivity index (χ0n) is 15.7. The molecule has 1 unspecified atom stereocenters. The van der Waals surface area contributed by atoms with Crippen molar-refractivity contribution in [3.63, 3.8) is 0 Å². The van der Waals surface area contributed by atoms with Crippen LogP contribution in [0.15, 0.2) is 42.5 Å². The van der Waals surface area contributed by atoms with Crippen molar-refractivity contribution in [2.45, 2.75) is 26.3 Å². The second kappa shape index (κ2) is 8.43. The van der Waals surface area contributed by atoms with E-state index in [2.05, 4.69) is 5.32 Å². The van der Waals surface area contributed by atoms with Gasteiger partial charge in [-0.2, -0.15) is 0 Å². The molecule has 0 aliphatic carbocycles. The maximum absolute atomic E-state index is 12.7. The van der Waals surface area contributed by atoms with Gasteiger partial charge in [0, 0.05) is 23.6 Å². The van der Waals surface area contributed by atoms with Crippen molar-refractivity contribution in [1.82, 2.24) is 4.90 Å². The summed E-state index contributed by atoms with van der Waals surface area (Å²) in [6, 6.07) is 11.1. The number of carbonyl (C=O) groups is 2. The molecule has 7 nitrogen and oxygen atoms in total. The number of aryl methyl sites for hydroxylation is 2. The zero-order chi connectivity index (χ0) is 20.3. The molecule has 1 heterocycles. The van der Waals surface area contributed by atoms with Crippen molar-refractivity contribution in [2.75, 3.05) is 16.9 Å². The number of carbonyl (C=O) groups excluding carboxylic acids is 2. The fourth-order valence-electron chi connectivity index (χ4n) is 2.96. The molecule has 0 radical (unpaired) electrons. The van der Waals surface area contributed by atoms with Gasteiger partial charge in [-0.05, 0) is 42.7 Å². The number of nitrogens with one attached hydrogen (secondary N) is 1. The predicted octanol–water partition coefficient (Wildman–Crippen LogP) is 3.29. The van der Waals surface area contributed by atoms with Crippen LogP contribution < -0.4 is 5.32 Å². The average molecular weight is 399 g/mol. The molecular weight excluding hydrogens is 378 g/mol. The maximum atomic E-state index is 12.7. The zero-order valence-corrected chi connectivity index (χ0v) is 16.5. The SMILES string of the molecule is Cc1ccc(NC(=O)C2CSCN2C(=O)Cc2ccc([N+](=O)[O-])cc2)cc1C. The van der Waals surface area contributed by atoms with Gasteiger partial charge in [-0.25, -0.2) is 0 Å². The van der Waals surface area contributed by atoms with E-state index in [1.807, 2.05) is 32.0 Å². The molecule has 0 spiro atoms. The number of thioether (sulfide) groups is 1. The van der Waals surface area contributed by atoms with Crippen LogP contribution in [0, 0.1) is 24.0 Å². The summed E-state index contributed by atoms with van der Waals surface area (Å²) in [5.41, 5.74) is 3.62. The van der Waals surface area contributed by atoms with Gasteiger partial charge in [0.2, 0.25) is 11.8 Å². The first kappa shape index (κ1) is 19.9. The van der Waals surface area contributed by atoms with Crippen LogP contribution in [0.25, 0.3) is 0 Å². The maximum Gasteiger partial charge on any atom is 0.269 e. The number of nitro groups is 1. The third-order valence-corrected chi connectivity index (χ3v) is 5.79. The van der Waals surface area contributed by atoms with Crippen LogP contribution in [0.2, 0.25) is 0 Å². The van der Waals surface area contributed by atoms with Crippen molar-refractivity contribution in [3.05, 3.63) is 69.3 Å². The van der Waals surface area contributed by atoms with E-state index in [0.29, 0.717) is 22.9 Å². The summed E-state index contributed by atoms with van der Waals surface area (Å²) in [6.07, 6.45) is 0.103. The molecule has 0 saturated carbocycles. The van der Waals surface area contributed by atoms with Crippen LogP contribution in [0.5, 0.6) is 0 Å². The molecule has 28 heavy (non-hydrogen) atoms. The van der Waals surface area contributed by atoms with Crippen molar-refractivity contribution < 1.29 is 14.5 Å². The van der Waals surface area contributed by atoms with E-state index in [9.17, 15) is 19.7 Å². The highest BCUT2D eigenvalue weighted by Crippen LogP contribution is 2.24. The third-order valence-electron chi connectivity index (χ3n) is 4.78. The number of amides is 2. The number of nitrogens with zero attached hydrogens (tertiary/aromatic N) is 2. The number of anilines is 1. The van der Waals surface area contributed by atoms with Gasteiger partial charge in [-0.1, -0.05) is 18.2 Å². The minimum Gasteiger partial charge on any atom is -0.324 e. The summed E-state index contributed by atoms with van der Waals surface area (Å²) >= 11 is 1.53. The number of hydrogen-bond acceptors (Lipinski definition) is 5. The summed E-state index contributed by atoms with van der Waals surface area (Å²) in [5.74, 6) is 0.629. The largest absolute Gasteiger partial charge is 0.324 e. The Hall–Kier alpha value is -2.87. The van der Waals surface area contributed by atoms with Gasteiger partial charge >= 0.3 is 0 Å². The number of non-ortho nitro benzene ring substituents is 1. The fourth-order valence-corrected chi connectivity index (χ4v) is 4.14. The Bertz CT molecular complexity index is 914. The molecule has 2 aromatic carbocycles. The highest BCUT2D eigenvalue weighted by atomic mass is 32.2. The van der Waals surface area contributed by atoms with Crippen LogP contribution in [-0.4, -0.2) is 39.3 Å². The average Bonchev–Trinajstić information content (AvgIpc) is 3.15. The third kappa shape index (κ3) is 4.51. The first-order valence-electron chi connectivity index (χ1n) is 8.84. The number of benzene rings is 2. The van der Waals surface area contributed by atoms with E-state index in [-0.39, 0.29) is 23.9 Å². The Morgan fingerprint density at radius 1 is 1.18 bits per heavy atom. The molecule has 1 saturated heterocycles. The Morgan fingerprint density at radius 3 is 2.54 bits per heavy atom. The van der Waals surface area contributed by atoms with Crippen molar-refractivity contribution in [3.8, 4) is 0 Å². The molecule has 1 fully saturated rings. The molecule has 1 aliphatic rings. The van der Waals surface area contributed by atoms with Crippen LogP contribution in [0.4, 0.5) is 11.4 Å². The van der Waals surface area contributed by atoms with Crippen LogP contribution in [0.3, 0.4) is 0 Å². The molecule has 146 valence electrons. The molecule has 0 bridgehead atoms. The van der Waals surface area contributed by atoms with Gasteiger partial charge in [0.1, 0.15) is 6.04 Å². The van der Waals surface area contributed by atoms with E-state index in [0.717, 1.165) is 11.1 Å². The lowest BCUT2D eigenvalue weighted by Gasteiger charge is -2.23. The van der Waals surface area contributed by atoms with E-state index in [1.54, 1.807) is 17.0 Å². The number of nitro benzene ring substituents is 1. The van der Waals surface area contributed by atoms with E-state index in [4.69, 9.17) is 0 Å². The molecule has 2 amide bonds. The van der Waals surface area contributed by atoms with Crippen molar-refractivity contribution in [1.29, 1.82) is 0 Å². The molecule has 8 heteroatoms. The summed E-state index contributed by atoms with van der Waals surface area (Å²) in [4.78, 5) is 37.2. The molecular formula is C20H21N3O4S. The van der Waals surface area contributed by atoms with Crippen molar-refractivity contribution >= 4 is 35.0 Å². The predicted molar refractivity (Wildman–Crippen MR) is 109 cm³/mol. The quantitative estimate of drug-likeness (QED) is 0.615. The van der Waals surface area contributed by atoms with E-state index in [1.165, 1.54) is 23.9 Å². The van der Waals surface area contributed by atoms with E-state index < -0.39 is 11.0 Å². The smallest absolute Gasteiger partial charge is 0.269 e. The summed E-state index contributed by atoms with van der Waals surface area (Å²) in [6.45, 7) is 3.99. The second-order valence-electron chi connectivity index (χ2n) is 6.77.